The van der Waals surface area contributed by atoms with Crippen LogP contribution in [0.2, 0.25) is 0 Å². The summed E-state index contributed by atoms with van der Waals surface area (Å²) >= 11 is 1.74. The maximum absolute atomic E-state index is 12.5. The van der Waals surface area contributed by atoms with Gasteiger partial charge in [0.15, 0.2) is 11.5 Å². The monoisotopic (exact) mass is 379 g/mol. The number of carbonyl (C=O) groups is 1. The Balaban J connectivity index is 1.66. The molecule has 1 amide bonds. The molecule has 1 aromatic carbocycles. The lowest BCUT2D eigenvalue weighted by molar-refractivity contribution is -0.121. The standard InChI is InChI=1S/C20H21N5OS/c1-27-13-11-17(20-24-23-18-4-2-3-12-25(18)20)22-19(26)10-9-15-5-7-16(14-21)8-6-15/h2-8,12,17H,9-11,13H2,1H3,(H,22,26). The predicted molar refractivity (Wildman–Crippen MR) is 106 cm³/mol. The Labute approximate surface area is 162 Å². The molecule has 0 fully saturated rings. The highest BCUT2D eigenvalue weighted by Crippen LogP contribution is 2.18. The summed E-state index contributed by atoms with van der Waals surface area (Å²) in [6, 6.07) is 15.0. The van der Waals surface area contributed by atoms with Crippen LogP contribution in [0, 0.1) is 11.3 Å². The van der Waals surface area contributed by atoms with Gasteiger partial charge in [-0.15, -0.1) is 10.2 Å². The Bertz CT molecular complexity index is 945. The number of hydrogen-bond acceptors (Lipinski definition) is 5. The highest BCUT2D eigenvalue weighted by Gasteiger charge is 2.20. The number of aryl methyl sites for hydroxylation is 1. The maximum Gasteiger partial charge on any atom is 0.220 e. The zero-order valence-electron chi connectivity index (χ0n) is 15.1. The van der Waals surface area contributed by atoms with E-state index in [1.165, 1.54) is 0 Å². The van der Waals surface area contributed by atoms with Crippen molar-refractivity contribution < 1.29 is 4.79 Å². The van der Waals surface area contributed by atoms with Gasteiger partial charge >= 0.3 is 0 Å². The molecule has 6 nitrogen and oxygen atoms in total. The van der Waals surface area contributed by atoms with E-state index in [-0.39, 0.29) is 11.9 Å². The summed E-state index contributed by atoms with van der Waals surface area (Å²) in [7, 11) is 0. The molecule has 2 aromatic heterocycles. The van der Waals surface area contributed by atoms with Gasteiger partial charge in [0.05, 0.1) is 17.7 Å². The van der Waals surface area contributed by atoms with Crippen LogP contribution >= 0.6 is 11.8 Å². The topological polar surface area (TPSA) is 83.1 Å². The second-order valence-corrected chi connectivity index (χ2v) is 7.18. The maximum atomic E-state index is 12.5. The molecule has 3 aromatic rings. The van der Waals surface area contributed by atoms with Crippen molar-refractivity contribution in [3.63, 3.8) is 0 Å². The number of thioether (sulfide) groups is 1. The Morgan fingerprint density at radius 2 is 2.07 bits per heavy atom. The SMILES string of the molecule is CSCCC(NC(=O)CCc1ccc(C#N)cc1)c1nnc2ccccn12. The lowest BCUT2D eigenvalue weighted by atomic mass is 10.1. The van der Waals surface area contributed by atoms with Gasteiger partial charge in [-0.1, -0.05) is 18.2 Å². The molecular formula is C20H21N5OS. The first-order valence-corrected chi connectivity index (χ1v) is 10.2. The molecule has 0 saturated heterocycles. The average Bonchev–Trinajstić information content (AvgIpc) is 3.14. The number of hydrogen-bond donors (Lipinski definition) is 1. The van der Waals surface area contributed by atoms with E-state index in [1.807, 2.05) is 47.2 Å². The molecule has 27 heavy (non-hydrogen) atoms. The number of aromatic nitrogens is 3. The third-order valence-corrected chi connectivity index (χ3v) is 4.97. The van der Waals surface area contributed by atoms with Crippen LogP contribution in [-0.2, 0) is 11.2 Å². The summed E-state index contributed by atoms with van der Waals surface area (Å²) < 4.78 is 1.92. The van der Waals surface area contributed by atoms with Gasteiger partial charge in [-0.2, -0.15) is 17.0 Å². The van der Waals surface area contributed by atoms with Gasteiger partial charge in [0.2, 0.25) is 5.91 Å². The molecule has 0 aliphatic rings. The summed E-state index contributed by atoms with van der Waals surface area (Å²) in [5, 5.41) is 20.5. The third kappa shape index (κ3) is 4.86. The minimum Gasteiger partial charge on any atom is -0.346 e. The number of nitrogens with one attached hydrogen (secondary N) is 1. The number of fused-ring (bicyclic) bond motifs is 1. The van der Waals surface area contributed by atoms with Crippen LogP contribution in [0.15, 0.2) is 48.7 Å². The molecule has 0 aliphatic heterocycles. The second kappa shape index (κ2) is 9.19. The Hall–Kier alpha value is -2.85. The van der Waals surface area contributed by atoms with Crippen molar-refractivity contribution in [2.24, 2.45) is 0 Å². The van der Waals surface area contributed by atoms with Crippen LogP contribution < -0.4 is 5.32 Å². The molecule has 0 radical (unpaired) electrons. The van der Waals surface area contributed by atoms with Crippen molar-refractivity contribution >= 4 is 23.3 Å². The number of amides is 1. The largest absolute Gasteiger partial charge is 0.346 e. The summed E-state index contributed by atoms with van der Waals surface area (Å²) in [6.07, 6.45) is 5.77. The molecule has 0 bridgehead atoms. The van der Waals surface area contributed by atoms with Gasteiger partial charge in [0.25, 0.3) is 0 Å². The number of nitriles is 1. The molecule has 3 rings (SSSR count). The molecule has 1 N–H and O–H groups in total. The summed E-state index contributed by atoms with van der Waals surface area (Å²) in [6.45, 7) is 0. The fourth-order valence-electron chi connectivity index (χ4n) is 2.87. The van der Waals surface area contributed by atoms with Crippen LogP contribution in [0.3, 0.4) is 0 Å². The minimum absolute atomic E-state index is 0.0156. The zero-order valence-corrected chi connectivity index (χ0v) is 15.9. The van der Waals surface area contributed by atoms with Gasteiger partial charge < -0.3 is 5.32 Å². The van der Waals surface area contributed by atoms with Crippen molar-refractivity contribution in [3.8, 4) is 6.07 Å². The molecular weight excluding hydrogens is 358 g/mol. The fourth-order valence-corrected chi connectivity index (χ4v) is 3.34. The Morgan fingerprint density at radius 1 is 1.26 bits per heavy atom. The number of benzene rings is 1. The van der Waals surface area contributed by atoms with E-state index < -0.39 is 0 Å². The van der Waals surface area contributed by atoms with E-state index in [4.69, 9.17) is 5.26 Å². The average molecular weight is 379 g/mol. The van der Waals surface area contributed by atoms with E-state index >= 15 is 0 Å². The van der Waals surface area contributed by atoms with Crippen LogP contribution in [0.25, 0.3) is 5.65 Å². The van der Waals surface area contributed by atoms with E-state index in [1.54, 1.807) is 23.9 Å². The molecule has 138 valence electrons. The smallest absolute Gasteiger partial charge is 0.220 e. The van der Waals surface area contributed by atoms with Crippen molar-refractivity contribution in [1.82, 2.24) is 19.9 Å². The minimum atomic E-state index is -0.177. The first-order valence-electron chi connectivity index (χ1n) is 8.78. The van der Waals surface area contributed by atoms with E-state index in [0.29, 0.717) is 18.4 Å². The van der Waals surface area contributed by atoms with E-state index in [0.717, 1.165) is 29.2 Å². The van der Waals surface area contributed by atoms with Crippen molar-refractivity contribution in [1.29, 1.82) is 5.26 Å². The van der Waals surface area contributed by atoms with Gasteiger partial charge in [0, 0.05) is 12.6 Å². The lowest BCUT2D eigenvalue weighted by Gasteiger charge is -2.17. The van der Waals surface area contributed by atoms with Crippen LogP contribution in [0.1, 0.15) is 35.8 Å². The van der Waals surface area contributed by atoms with Gasteiger partial charge in [-0.05, 0) is 54.7 Å². The molecule has 1 atom stereocenters. The predicted octanol–water partition coefficient (Wildman–Crippen LogP) is 3.14. The fraction of sp³-hybridized carbons (Fsp3) is 0.300. The molecule has 0 aliphatic carbocycles. The summed E-state index contributed by atoms with van der Waals surface area (Å²) in [5.74, 6) is 1.66. The Morgan fingerprint density at radius 3 is 2.81 bits per heavy atom. The molecule has 0 spiro atoms. The van der Waals surface area contributed by atoms with Crippen molar-refractivity contribution in [3.05, 3.63) is 65.6 Å². The first-order chi connectivity index (χ1) is 13.2. The van der Waals surface area contributed by atoms with Crippen LogP contribution in [0.4, 0.5) is 0 Å². The number of rotatable bonds is 8. The Kier molecular flexibility index (Phi) is 6.44. The van der Waals surface area contributed by atoms with Gasteiger partial charge in [0.1, 0.15) is 0 Å². The second-order valence-electron chi connectivity index (χ2n) is 6.20. The lowest BCUT2D eigenvalue weighted by Crippen LogP contribution is -2.30. The first kappa shape index (κ1) is 18.9. The summed E-state index contributed by atoms with van der Waals surface area (Å²) in [4.78, 5) is 12.5. The molecule has 1 unspecified atom stereocenters. The van der Waals surface area contributed by atoms with E-state index in [2.05, 4.69) is 21.6 Å². The van der Waals surface area contributed by atoms with Crippen molar-refractivity contribution in [2.45, 2.75) is 25.3 Å². The molecule has 7 heteroatoms. The third-order valence-electron chi connectivity index (χ3n) is 4.32. The number of nitrogens with zero attached hydrogens (tertiary/aromatic N) is 4. The normalized spacial score (nSPS) is 11.9. The van der Waals surface area contributed by atoms with Crippen LogP contribution in [0.5, 0.6) is 0 Å². The van der Waals surface area contributed by atoms with Gasteiger partial charge in [-0.3, -0.25) is 9.20 Å². The highest BCUT2D eigenvalue weighted by atomic mass is 32.2. The van der Waals surface area contributed by atoms with E-state index in [9.17, 15) is 4.79 Å². The highest BCUT2D eigenvalue weighted by molar-refractivity contribution is 7.98. The molecule has 2 heterocycles. The quantitative estimate of drug-likeness (QED) is 0.650. The number of pyridine rings is 1. The molecule has 0 saturated carbocycles. The number of carbonyl (C=O) groups excluding carboxylic acids is 1. The van der Waals surface area contributed by atoms with Gasteiger partial charge in [-0.25, -0.2) is 0 Å². The summed E-state index contributed by atoms with van der Waals surface area (Å²) in [5.41, 5.74) is 2.44. The van der Waals surface area contributed by atoms with Crippen LogP contribution in [-0.4, -0.2) is 32.5 Å². The zero-order chi connectivity index (χ0) is 19.1. The van der Waals surface area contributed by atoms with Crippen molar-refractivity contribution in [2.75, 3.05) is 12.0 Å².